The van der Waals surface area contributed by atoms with Crippen LogP contribution < -0.4 is 51.4 Å². The van der Waals surface area contributed by atoms with E-state index in [-0.39, 0.29) is 51.4 Å². The molecule has 0 amide bonds. The zero-order valence-corrected chi connectivity index (χ0v) is 10.9. The van der Waals surface area contributed by atoms with Crippen LogP contribution in [-0.4, -0.2) is 9.55 Å². The maximum atomic E-state index is 7.31. The first-order valence-electron chi connectivity index (χ1n) is 3.07. The van der Waals surface area contributed by atoms with E-state index in [1.54, 1.807) is 11.5 Å². The Labute approximate surface area is 113 Å². The van der Waals surface area contributed by atoms with Gasteiger partial charge in [-0.05, 0) is 0 Å². The van der Waals surface area contributed by atoms with Gasteiger partial charge in [0.25, 0.3) is 0 Å². The zero-order chi connectivity index (χ0) is 7.72. The van der Waals surface area contributed by atoms with E-state index in [0.29, 0.717) is 11.7 Å². The third kappa shape index (κ3) is 3.13. The second-order valence-electron chi connectivity index (χ2n) is 1.79. The smallest absolute Gasteiger partial charge is 1.00 e. The van der Waals surface area contributed by atoms with Gasteiger partial charge >= 0.3 is 115 Å². The second kappa shape index (κ2) is 5.04. The monoisotopic (exact) mass is 199 g/mol. The summed E-state index contributed by atoms with van der Waals surface area (Å²) in [6.07, 6.45) is 2.81. The normalized spacial score (nSPS) is 9.90. The molecule has 0 spiro atoms. The Kier molecular flexibility index (Phi) is 4.73. The Morgan fingerprint density at radius 3 is 3.00 bits per heavy atom. The number of rotatable bonds is 0. The van der Waals surface area contributed by atoms with Gasteiger partial charge in [-0.25, -0.2) is 0 Å². The van der Waals surface area contributed by atoms with E-state index in [1.165, 1.54) is 0 Å². The van der Waals surface area contributed by atoms with Gasteiger partial charge < -0.3 is 0 Å². The Hall–Kier alpha value is 1.30. The number of nitrogens with zero attached hydrogens (tertiary/aromatic N) is 2. The van der Waals surface area contributed by atoms with Crippen LogP contribution in [0.5, 0.6) is 0 Å². The summed E-state index contributed by atoms with van der Waals surface area (Å²) in [4.78, 5) is 4.09. The molecule has 0 aromatic carbocycles. The molecular formula is C6H7KN2V. The first-order chi connectivity index (χ1) is 4.61. The third-order valence-corrected chi connectivity index (χ3v) is 1.60. The van der Waals surface area contributed by atoms with Gasteiger partial charge in [0.2, 0.25) is 0 Å². The van der Waals surface area contributed by atoms with E-state index in [1.807, 2.05) is 7.05 Å². The largest absolute Gasteiger partial charge is 1.00 e. The predicted molar refractivity (Wildman–Crippen MR) is 30.0 cm³/mol. The summed E-state index contributed by atoms with van der Waals surface area (Å²) in [5.74, 6) is 0. The minimum atomic E-state index is 0. The first kappa shape index (κ1) is 9.39. The summed E-state index contributed by atoms with van der Waals surface area (Å²) >= 11 is 2.33. The molecule has 47 valence electrons. The molecule has 0 N–H and O–H groups in total. The average Bonchev–Trinajstić information content (AvgIpc) is 1.84. The molecule has 0 fully saturated rings. The van der Waals surface area contributed by atoms with E-state index in [0.717, 1.165) is 4.13 Å². The number of hydrogen-bond donors (Lipinski definition) is 0. The molecule has 0 aliphatic carbocycles. The minimum Gasteiger partial charge on any atom is 1.00 e. The van der Waals surface area contributed by atoms with Crippen LogP contribution in [-0.2, 0) is 24.0 Å². The summed E-state index contributed by atoms with van der Waals surface area (Å²) in [7, 11) is 1.82. The van der Waals surface area contributed by atoms with Crippen molar-refractivity contribution in [2.75, 3.05) is 0 Å². The SMILES string of the molecule is [3H]c1[c-]n(C)[c](=[V])nc1C.[K+]. The molecule has 0 bridgehead atoms. The van der Waals surface area contributed by atoms with Gasteiger partial charge in [0.15, 0.2) is 0 Å². The van der Waals surface area contributed by atoms with Crippen LogP contribution in [0.25, 0.3) is 0 Å². The summed E-state index contributed by atoms with van der Waals surface area (Å²) in [6.45, 7) is 1.80. The number of hydrogen-bond acceptors (Lipinski definition) is 1. The van der Waals surface area contributed by atoms with Gasteiger partial charge in [-0.15, -0.1) is 0 Å². The van der Waals surface area contributed by atoms with E-state index in [9.17, 15) is 0 Å². The second-order valence-corrected chi connectivity index (χ2v) is 2.42. The van der Waals surface area contributed by atoms with Gasteiger partial charge in [0.1, 0.15) is 0 Å². The predicted octanol–water partition coefficient (Wildman–Crippen LogP) is -2.39. The molecule has 0 saturated heterocycles. The maximum Gasteiger partial charge on any atom is 1.00 e. The van der Waals surface area contributed by atoms with Gasteiger partial charge in [-0.2, -0.15) is 0 Å². The van der Waals surface area contributed by atoms with Crippen molar-refractivity contribution in [1.82, 2.24) is 9.55 Å². The van der Waals surface area contributed by atoms with Gasteiger partial charge in [-0.3, -0.25) is 0 Å². The maximum absolute atomic E-state index is 7.31. The quantitative estimate of drug-likeness (QED) is 0.337. The zero-order valence-electron chi connectivity index (χ0n) is 7.34. The Morgan fingerprint density at radius 2 is 2.50 bits per heavy atom. The molecule has 0 atom stereocenters. The van der Waals surface area contributed by atoms with Gasteiger partial charge in [0.05, 0.1) is 0 Å². The summed E-state index contributed by atoms with van der Waals surface area (Å²) in [5, 5.41) is 0. The Balaban J connectivity index is 0.000001000. The molecule has 0 aliphatic rings. The summed E-state index contributed by atoms with van der Waals surface area (Å²) < 4.78 is 9.82. The number of aryl methyl sites for hydroxylation is 2. The first-order valence-corrected chi connectivity index (χ1v) is 3.26. The molecule has 10 heavy (non-hydrogen) atoms. The molecule has 0 radical (unpaired) electrons. The molecule has 0 saturated carbocycles. The standard InChI is InChI=1S/C6H7N2.K.V/c1-6-3-4-8(2)5-7-6;;/h3H,1-2H3;;/q-1;+1;/i3T;;. The van der Waals surface area contributed by atoms with Crippen molar-refractivity contribution in [2.45, 2.75) is 6.92 Å². The van der Waals surface area contributed by atoms with Crippen LogP contribution in [0.3, 0.4) is 0 Å². The van der Waals surface area contributed by atoms with Crippen molar-refractivity contribution < 1.29 is 69.7 Å². The van der Waals surface area contributed by atoms with Crippen molar-refractivity contribution in [3.8, 4) is 0 Å². The molecule has 1 rings (SSSR count). The van der Waals surface area contributed by atoms with E-state index < -0.39 is 0 Å². The van der Waals surface area contributed by atoms with E-state index in [2.05, 4.69) is 28.2 Å². The van der Waals surface area contributed by atoms with Crippen molar-refractivity contribution in [3.05, 3.63) is 22.1 Å². The average molecular weight is 199 g/mol. The van der Waals surface area contributed by atoms with Crippen LogP contribution in [0.15, 0.2) is 6.04 Å². The summed E-state index contributed by atoms with van der Waals surface area (Å²) in [6, 6.07) is 0.359. The fourth-order valence-electron chi connectivity index (χ4n) is 0.468. The van der Waals surface area contributed by atoms with E-state index in [4.69, 9.17) is 1.37 Å². The Bertz CT molecular complexity index is 310. The van der Waals surface area contributed by atoms with Crippen LogP contribution in [0, 0.1) is 17.3 Å². The molecule has 1 heterocycles. The minimum absolute atomic E-state index is 0. The molecule has 0 unspecified atom stereocenters. The van der Waals surface area contributed by atoms with Crippen LogP contribution in [0.2, 0.25) is 0 Å². The number of aromatic nitrogens is 2. The van der Waals surface area contributed by atoms with Gasteiger partial charge in [-0.1, -0.05) is 0 Å². The van der Waals surface area contributed by atoms with Crippen LogP contribution in [0.1, 0.15) is 7.06 Å². The molecule has 4 heteroatoms. The van der Waals surface area contributed by atoms with Crippen molar-refractivity contribution in [2.24, 2.45) is 7.05 Å². The Morgan fingerprint density at radius 1 is 1.90 bits per heavy atom. The van der Waals surface area contributed by atoms with Crippen LogP contribution in [0.4, 0.5) is 0 Å². The van der Waals surface area contributed by atoms with Crippen molar-refractivity contribution in [1.29, 1.82) is 0 Å². The molecule has 1 aromatic rings. The van der Waals surface area contributed by atoms with Crippen LogP contribution >= 0.6 is 0 Å². The molecular weight excluding hydrogens is 190 g/mol. The topological polar surface area (TPSA) is 17.8 Å². The molecule has 0 aliphatic heterocycles. The van der Waals surface area contributed by atoms with Gasteiger partial charge in [0, 0.05) is 0 Å². The van der Waals surface area contributed by atoms with E-state index >= 15 is 0 Å². The van der Waals surface area contributed by atoms with Crippen molar-refractivity contribution in [3.63, 3.8) is 0 Å². The summed E-state index contributed by atoms with van der Waals surface area (Å²) in [5.41, 5.74) is 0.716. The third-order valence-electron chi connectivity index (χ3n) is 0.972. The molecule has 2 nitrogen and oxygen atoms in total. The van der Waals surface area contributed by atoms with Crippen molar-refractivity contribution >= 4 is 0 Å². The molecule has 1 aromatic heterocycles. The fraction of sp³-hybridized carbons (Fsp3) is 0.333. The fourth-order valence-corrected chi connectivity index (χ4v) is 0.780.